The van der Waals surface area contributed by atoms with Gasteiger partial charge in [0.1, 0.15) is 0 Å². The van der Waals surface area contributed by atoms with E-state index in [-0.39, 0.29) is 11.8 Å². The summed E-state index contributed by atoms with van der Waals surface area (Å²) < 4.78 is 0. The molecule has 0 N–H and O–H groups in total. The summed E-state index contributed by atoms with van der Waals surface area (Å²) in [5.41, 5.74) is 3.09. The molecule has 0 radical (unpaired) electrons. The number of carbonyl (C=O) groups excluding carboxylic acids is 4. The van der Waals surface area contributed by atoms with Crippen LogP contribution in [0.15, 0.2) is 48.5 Å². The minimum atomic E-state index is -1.06. The molecule has 3 aliphatic carbocycles. The van der Waals surface area contributed by atoms with Crippen LogP contribution in [-0.2, 0) is 19.2 Å². The molecule has 2 aromatic rings. The second kappa shape index (κ2) is 5.63. The lowest BCUT2D eigenvalue weighted by molar-refractivity contribution is -0.176. The molecule has 4 amide bonds. The molecule has 1 heterocycles. The van der Waals surface area contributed by atoms with Gasteiger partial charge in [-0.15, -0.1) is 0 Å². The summed E-state index contributed by atoms with van der Waals surface area (Å²) in [6.45, 7) is 4.18. The van der Waals surface area contributed by atoms with Crippen LogP contribution in [0.25, 0.3) is 0 Å². The van der Waals surface area contributed by atoms with Crippen molar-refractivity contribution in [1.29, 1.82) is 0 Å². The van der Waals surface area contributed by atoms with Crippen LogP contribution < -0.4 is 0 Å². The quantitative estimate of drug-likeness (QED) is 0.704. The third-order valence-corrected chi connectivity index (χ3v) is 6.79. The Bertz CT molecular complexity index is 1060. The van der Waals surface area contributed by atoms with Crippen molar-refractivity contribution in [3.8, 4) is 0 Å². The highest BCUT2D eigenvalue weighted by atomic mass is 16.2. The fourth-order valence-electron chi connectivity index (χ4n) is 5.79. The van der Waals surface area contributed by atoms with Crippen molar-refractivity contribution in [2.75, 3.05) is 0 Å². The lowest BCUT2D eigenvalue weighted by Gasteiger charge is -2.51. The van der Waals surface area contributed by atoms with E-state index in [2.05, 4.69) is 0 Å². The van der Waals surface area contributed by atoms with E-state index in [1.807, 2.05) is 48.5 Å². The standard InChI is InChI=1S/C23H20N2O4/c1-12(26)24(13(2)27)25-21(28)20-18-14-8-4-6-10-16(14)19(23(20,3)22(25)29)17-11-7-5-9-15(17)18/h4-11,18-20H,1-3H3. The number of amides is 4. The van der Waals surface area contributed by atoms with E-state index in [1.54, 1.807) is 6.92 Å². The summed E-state index contributed by atoms with van der Waals surface area (Å²) in [6.07, 6.45) is 0. The van der Waals surface area contributed by atoms with Crippen LogP contribution in [0.4, 0.5) is 0 Å². The molecule has 2 aromatic carbocycles. The van der Waals surface area contributed by atoms with Crippen molar-refractivity contribution in [2.45, 2.75) is 32.6 Å². The number of benzene rings is 2. The van der Waals surface area contributed by atoms with Gasteiger partial charge in [-0.25, -0.2) is 0 Å². The maximum atomic E-state index is 13.7. The molecule has 2 unspecified atom stereocenters. The first kappa shape index (κ1) is 17.8. The maximum Gasteiger partial charge on any atom is 0.256 e. The van der Waals surface area contributed by atoms with Crippen LogP contribution in [0.3, 0.4) is 0 Å². The largest absolute Gasteiger partial charge is 0.273 e. The lowest BCUT2D eigenvalue weighted by atomic mass is 9.48. The fourth-order valence-corrected chi connectivity index (χ4v) is 5.79. The third-order valence-electron chi connectivity index (χ3n) is 6.79. The molecular weight excluding hydrogens is 368 g/mol. The summed E-state index contributed by atoms with van der Waals surface area (Å²) in [6, 6.07) is 15.8. The third kappa shape index (κ3) is 1.96. The van der Waals surface area contributed by atoms with Crippen LogP contribution in [0, 0.1) is 11.3 Å². The predicted molar refractivity (Wildman–Crippen MR) is 103 cm³/mol. The zero-order chi connectivity index (χ0) is 20.7. The van der Waals surface area contributed by atoms with Crippen molar-refractivity contribution in [3.63, 3.8) is 0 Å². The summed E-state index contributed by atoms with van der Waals surface area (Å²) in [7, 11) is 0. The molecule has 4 aliphatic rings. The van der Waals surface area contributed by atoms with Gasteiger partial charge in [0.05, 0.1) is 11.3 Å². The summed E-state index contributed by atoms with van der Waals surface area (Å²) in [5, 5.41) is 1.48. The van der Waals surface area contributed by atoms with E-state index in [0.29, 0.717) is 5.01 Å². The molecule has 1 saturated heterocycles. The van der Waals surface area contributed by atoms with Crippen LogP contribution in [0.2, 0.25) is 0 Å². The van der Waals surface area contributed by atoms with Gasteiger partial charge in [-0.05, 0) is 29.2 Å². The highest BCUT2D eigenvalue weighted by Crippen LogP contribution is 2.66. The van der Waals surface area contributed by atoms with Gasteiger partial charge in [-0.3, -0.25) is 19.2 Å². The minimum Gasteiger partial charge on any atom is -0.273 e. The first-order valence-corrected chi connectivity index (χ1v) is 9.67. The number of carbonyl (C=O) groups is 4. The van der Waals surface area contributed by atoms with Crippen molar-refractivity contribution in [2.24, 2.45) is 11.3 Å². The average molecular weight is 388 g/mol. The van der Waals surface area contributed by atoms with Crippen molar-refractivity contribution in [1.82, 2.24) is 10.0 Å². The minimum absolute atomic E-state index is 0.292. The molecule has 1 fully saturated rings. The maximum absolute atomic E-state index is 13.7. The van der Waals surface area contributed by atoms with E-state index in [0.717, 1.165) is 27.3 Å². The summed E-state index contributed by atoms with van der Waals surface area (Å²) in [5.74, 6) is -3.54. The second-order valence-electron chi connectivity index (χ2n) is 8.23. The Balaban J connectivity index is 1.78. The van der Waals surface area contributed by atoms with Crippen molar-refractivity contribution < 1.29 is 19.2 Å². The number of imide groups is 2. The molecule has 0 aromatic heterocycles. The topological polar surface area (TPSA) is 74.8 Å². The lowest BCUT2D eigenvalue weighted by Crippen LogP contribution is -2.53. The average Bonchev–Trinajstić information content (AvgIpc) is 2.89. The molecule has 146 valence electrons. The predicted octanol–water partition coefficient (Wildman–Crippen LogP) is 2.58. The zero-order valence-electron chi connectivity index (χ0n) is 16.4. The van der Waals surface area contributed by atoms with Crippen LogP contribution in [0.5, 0.6) is 0 Å². The molecule has 2 atom stereocenters. The SMILES string of the molecule is CC(=O)N(C(C)=O)N1C(=O)C2C3c4ccccc4C(c4ccccc43)C2(C)C1=O. The number of rotatable bonds is 1. The molecule has 2 bridgehead atoms. The molecule has 6 nitrogen and oxygen atoms in total. The van der Waals surface area contributed by atoms with Crippen molar-refractivity contribution in [3.05, 3.63) is 70.8 Å². The Morgan fingerprint density at radius 3 is 1.76 bits per heavy atom. The summed E-state index contributed by atoms with van der Waals surface area (Å²) in [4.78, 5) is 51.6. The van der Waals surface area contributed by atoms with Crippen LogP contribution in [0.1, 0.15) is 54.9 Å². The molecule has 6 heteroatoms. The van der Waals surface area contributed by atoms with Gasteiger partial charge in [0, 0.05) is 25.7 Å². The van der Waals surface area contributed by atoms with Gasteiger partial charge in [0.25, 0.3) is 11.8 Å². The van der Waals surface area contributed by atoms with Gasteiger partial charge in [-0.1, -0.05) is 48.5 Å². The van der Waals surface area contributed by atoms with Gasteiger partial charge in [0.15, 0.2) is 0 Å². The Morgan fingerprint density at radius 1 is 0.862 bits per heavy atom. The van der Waals surface area contributed by atoms with Gasteiger partial charge in [0.2, 0.25) is 11.8 Å². The van der Waals surface area contributed by atoms with Crippen LogP contribution in [-0.4, -0.2) is 33.6 Å². The number of hydrogen-bond donors (Lipinski definition) is 0. The highest BCUT2D eigenvalue weighted by Gasteiger charge is 2.70. The van der Waals surface area contributed by atoms with Gasteiger partial charge in [-0.2, -0.15) is 10.0 Å². The molecule has 0 saturated carbocycles. The molecule has 0 spiro atoms. The fraction of sp³-hybridized carbons (Fsp3) is 0.304. The molecular formula is C23H20N2O4. The number of nitrogens with zero attached hydrogens (tertiary/aromatic N) is 2. The number of hydrogen-bond acceptors (Lipinski definition) is 4. The Kier molecular flexibility index (Phi) is 3.45. The van der Waals surface area contributed by atoms with E-state index in [9.17, 15) is 19.2 Å². The van der Waals surface area contributed by atoms with E-state index in [1.165, 1.54) is 13.8 Å². The van der Waals surface area contributed by atoms with Crippen LogP contribution >= 0.6 is 0 Å². The van der Waals surface area contributed by atoms with E-state index >= 15 is 0 Å². The first-order valence-electron chi connectivity index (χ1n) is 9.67. The normalized spacial score (nSPS) is 28.7. The smallest absolute Gasteiger partial charge is 0.256 e. The monoisotopic (exact) mass is 388 g/mol. The molecule has 6 rings (SSSR count). The Labute approximate surface area is 168 Å². The van der Waals surface area contributed by atoms with Crippen molar-refractivity contribution >= 4 is 23.6 Å². The molecule has 1 aliphatic heterocycles. The van der Waals surface area contributed by atoms with Gasteiger partial charge < -0.3 is 0 Å². The van der Waals surface area contributed by atoms with E-state index < -0.39 is 35.0 Å². The Morgan fingerprint density at radius 2 is 1.31 bits per heavy atom. The van der Waals surface area contributed by atoms with E-state index in [4.69, 9.17) is 0 Å². The summed E-state index contributed by atoms with van der Waals surface area (Å²) >= 11 is 0. The molecule has 29 heavy (non-hydrogen) atoms. The number of hydrazine groups is 1. The first-order chi connectivity index (χ1) is 13.8. The highest BCUT2D eigenvalue weighted by molar-refractivity contribution is 6.13. The Hall–Kier alpha value is -3.28. The zero-order valence-corrected chi connectivity index (χ0v) is 16.4. The van der Waals surface area contributed by atoms with Gasteiger partial charge >= 0.3 is 0 Å². The second-order valence-corrected chi connectivity index (χ2v) is 8.23.